The largest absolute Gasteiger partial charge is 0.573 e. The van der Waals surface area contributed by atoms with Gasteiger partial charge in [-0.3, -0.25) is 4.79 Å². The summed E-state index contributed by atoms with van der Waals surface area (Å²) in [6.45, 7) is 4.25. The molecule has 2 heterocycles. The second kappa shape index (κ2) is 12.3. The number of likely N-dealkylation sites (tertiary alicyclic amines) is 1. The Morgan fingerprint density at radius 3 is 2.40 bits per heavy atom. The SMILES string of the molecule is Cc1noc(C)c1COc1ccc(C(=O)N[C@@H]2CN(C(=O)Nc3ccc(OC(F)(F)F)cc3)CCC[C@H]2O)cc1. The number of ether oxygens (including phenoxy) is 2. The number of hydrogen-bond acceptors (Lipinski definition) is 7. The van der Waals surface area contributed by atoms with Crippen molar-refractivity contribution in [1.82, 2.24) is 15.4 Å². The summed E-state index contributed by atoms with van der Waals surface area (Å²) < 4.78 is 51.8. The van der Waals surface area contributed by atoms with E-state index in [9.17, 15) is 27.9 Å². The molecule has 0 unspecified atom stereocenters. The molecule has 3 aromatic rings. The fraction of sp³-hybridized carbons (Fsp3) is 0.370. The second-order valence-electron chi connectivity index (χ2n) is 9.35. The normalized spacial score (nSPS) is 17.6. The fourth-order valence-electron chi connectivity index (χ4n) is 4.23. The summed E-state index contributed by atoms with van der Waals surface area (Å²) in [5.74, 6) is 0.383. The molecule has 1 fully saturated rings. The summed E-state index contributed by atoms with van der Waals surface area (Å²) in [4.78, 5) is 27.2. The highest BCUT2D eigenvalue weighted by molar-refractivity contribution is 5.94. The van der Waals surface area contributed by atoms with Crippen LogP contribution in [0.1, 0.15) is 40.2 Å². The van der Waals surface area contributed by atoms with Gasteiger partial charge in [-0.2, -0.15) is 0 Å². The Morgan fingerprint density at radius 2 is 1.77 bits per heavy atom. The molecular weight excluding hydrogens is 533 g/mol. The highest BCUT2D eigenvalue weighted by Gasteiger charge is 2.31. The second-order valence-corrected chi connectivity index (χ2v) is 9.35. The van der Waals surface area contributed by atoms with Crippen LogP contribution in [0.15, 0.2) is 53.1 Å². The van der Waals surface area contributed by atoms with Gasteiger partial charge >= 0.3 is 12.4 Å². The highest BCUT2D eigenvalue weighted by atomic mass is 19.4. The molecule has 0 aliphatic carbocycles. The van der Waals surface area contributed by atoms with Gasteiger partial charge in [0, 0.05) is 24.3 Å². The van der Waals surface area contributed by atoms with Gasteiger partial charge in [-0.05, 0) is 75.2 Å². The van der Waals surface area contributed by atoms with Crippen LogP contribution in [0, 0.1) is 13.8 Å². The van der Waals surface area contributed by atoms with Crippen LogP contribution in [-0.4, -0.2) is 58.7 Å². The molecule has 13 heteroatoms. The quantitative estimate of drug-likeness (QED) is 0.386. The fourth-order valence-corrected chi connectivity index (χ4v) is 4.23. The molecule has 0 bridgehead atoms. The lowest BCUT2D eigenvalue weighted by molar-refractivity contribution is -0.274. The number of amides is 3. The van der Waals surface area contributed by atoms with Crippen LogP contribution in [0.3, 0.4) is 0 Å². The molecule has 4 rings (SSSR count). The Labute approximate surface area is 228 Å². The molecule has 40 heavy (non-hydrogen) atoms. The molecule has 0 spiro atoms. The summed E-state index contributed by atoms with van der Waals surface area (Å²) in [5, 5.41) is 19.9. The zero-order valence-electron chi connectivity index (χ0n) is 21.8. The van der Waals surface area contributed by atoms with Gasteiger partial charge in [0.15, 0.2) is 0 Å². The number of urea groups is 1. The number of anilines is 1. The van der Waals surface area contributed by atoms with Gasteiger partial charge < -0.3 is 34.6 Å². The average Bonchev–Trinajstić information content (AvgIpc) is 3.10. The summed E-state index contributed by atoms with van der Waals surface area (Å²) in [6, 6.07) is 9.99. The van der Waals surface area contributed by atoms with Crippen LogP contribution in [0.5, 0.6) is 11.5 Å². The van der Waals surface area contributed by atoms with E-state index in [1.807, 2.05) is 6.92 Å². The van der Waals surface area contributed by atoms with Crippen molar-refractivity contribution in [2.24, 2.45) is 0 Å². The van der Waals surface area contributed by atoms with Gasteiger partial charge in [-0.1, -0.05) is 5.16 Å². The first-order chi connectivity index (χ1) is 19.0. The predicted molar refractivity (Wildman–Crippen MR) is 137 cm³/mol. The minimum Gasteiger partial charge on any atom is -0.489 e. The predicted octanol–water partition coefficient (Wildman–Crippen LogP) is 4.56. The minimum absolute atomic E-state index is 0.0344. The molecular formula is C27H29F3N4O6. The number of aliphatic hydroxyl groups is 1. The lowest BCUT2D eigenvalue weighted by Gasteiger charge is -2.27. The topological polar surface area (TPSA) is 126 Å². The maximum atomic E-state index is 12.9. The molecule has 0 radical (unpaired) electrons. The summed E-state index contributed by atoms with van der Waals surface area (Å²) in [5.41, 5.74) is 2.21. The Kier molecular flexibility index (Phi) is 8.83. The number of nitrogens with zero attached hydrogens (tertiary/aromatic N) is 2. The van der Waals surface area contributed by atoms with E-state index < -0.39 is 36.2 Å². The van der Waals surface area contributed by atoms with Gasteiger partial charge in [0.05, 0.1) is 23.4 Å². The molecule has 214 valence electrons. The molecule has 1 aromatic heterocycles. The average molecular weight is 563 g/mol. The van der Waals surface area contributed by atoms with Gasteiger partial charge in [-0.25, -0.2) is 4.79 Å². The van der Waals surface area contributed by atoms with Crippen molar-refractivity contribution in [2.45, 2.75) is 51.8 Å². The molecule has 1 saturated heterocycles. The van der Waals surface area contributed by atoms with Crippen molar-refractivity contribution >= 4 is 17.6 Å². The zero-order valence-corrected chi connectivity index (χ0v) is 21.8. The minimum atomic E-state index is -4.82. The Morgan fingerprint density at radius 1 is 1.10 bits per heavy atom. The summed E-state index contributed by atoms with van der Waals surface area (Å²) in [7, 11) is 0. The van der Waals surface area contributed by atoms with E-state index in [4.69, 9.17) is 9.26 Å². The summed E-state index contributed by atoms with van der Waals surface area (Å²) >= 11 is 0. The third kappa shape index (κ3) is 7.65. The van der Waals surface area contributed by atoms with Gasteiger partial charge in [-0.15, -0.1) is 13.2 Å². The van der Waals surface area contributed by atoms with Crippen LogP contribution >= 0.6 is 0 Å². The highest BCUT2D eigenvalue weighted by Crippen LogP contribution is 2.24. The van der Waals surface area contributed by atoms with Crippen LogP contribution in [-0.2, 0) is 6.61 Å². The number of aromatic nitrogens is 1. The molecule has 10 nitrogen and oxygen atoms in total. The molecule has 2 atom stereocenters. The van der Waals surface area contributed by atoms with E-state index in [-0.39, 0.29) is 18.8 Å². The van der Waals surface area contributed by atoms with Gasteiger partial charge in [0.25, 0.3) is 5.91 Å². The maximum absolute atomic E-state index is 12.9. The molecule has 2 aromatic carbocycles. The molecule has 0 saturated carbocycles. The number of benzene rings is 2. The zero-order chi connectivity index (χ0) is 28.9. The van der Waals surface area contributed by atoms with E-state index in [0.717, 1.165) is 23.4 Å². The number of alkyl halides is 3. The number of rotatable bonds is 7. The van der Waals surface area contributed by atoms with Crippen molar-refractivity contribution in [3.05, 3.63) is 71.1 Å². The number of carbonyl (C=O) groups is 2. The Bertz CT molecular complexity index is 1290. The van der Waals surface area contributed by atoms with Crippen LogP contribution in [0.25, 0.3) is 0 Å². The van der Waals surface area contributed by atoms with Crippen LogP contribution in [0.2, 0.25) is 0 Å². The number of aryl methyl sites for hydroxylation is 2. The number of hydrogen-bond donors (Lipinski definition) is 3. The first-order valence-corrected chi connectivity index (χ1v) is 12.5. The maximum Gasteiger partial charge on any atom is 0.573 e. The number of halogens is 3. The Hall–Kier alpha value is -4.26. The van der Waals surface area contributed by atoms with Crippen LogP contribution in [0.4, 0.5) is 23.7 Å². The van der Waals surface area contributed by atoms with E-state index in [2.05, 4.69) is 20.5 Å². The smallest absolute Gasteiger partial charge is 0.489 e. The van der Waals surface area contributed by atoms with E-state index >= 15 is 0 Å². The molecule has 3 amide bonds. The first-order valence-electron chi connectivity index (χ1n) is 12.5. The molecule has 1 aliphatic rings. The van der Waals surface area contributed by atoms with Crippen molar-refractivity contribution in [1.29, 1.82) is 0 Å². The first kappa shape index (κ1) is 28.7. The third-order valence-electron chi connectivity index (χ3n) is 6.43. The van der Waals surface area contributed by atoms with Crippen molar-refractivity contribution in [3.8, 4) is 11.5 Å². The lowest BCUT2D eigenvalue weighted by Crippen LogP contribution is -2.50. The third-order valence-corrected chi connectivity index (χ3v) is 6.43. The molecule has 3 N–H and O–H groups in total. The standard InChI is InChI=1S/C27H29F3N4O6/c1-16-22(17(2)40-33-16)15-38-20-9-5-18(6-10-20)25(36)32-23-14-34(13-3-4-24(23)35)26(37)31-19-7-11-21(12-8-19)39-27(28,29)30/h5-12,23-24,35H,3-4,13-15H2,1-2H3,(H,31,37)(H,32,36)/t23-,24-/m1/s1. The van der Waals surface area contributed by atoms with E-state index in [1.54, 1.807) is 31.2 Å². The number of carbonyl (C=O) groups excluding carboxylic acids is 2. The monoisotopic (exact) mass is 562 g/mol. The molecule has 1 aliphatic heterocycles. The van der Waals surface area contributed by atoms with Crippen molar-refractivity contribution in [2.75, 3.05) is 18.4 Å². The van der Waals surface area contributed by atoms with Crippen LogP contribution < -0.4 is 20.1 Å². The van der Waals surface area contributed by atoms with Crippen molar-refractivity contribution in [3.63, 3.8) is 0 Å². The van der Waals surface area contributed by atoms with Crippen molar-refractivity contribution < 1.29 is 41.9 Å². The Balaban J connectivity index is 1.33. The van der Waals surface area contributed by atoms with Gasteiger partial charge in [0.2, 0.25) is 0 Å². The van der Waals surface area contributed by atoms with Gasteiger partial charge in [0.1, 0.15) is 23.9 Å². The lowest BCUT2D eigenvalue weighted by atomic mass is 10.1. The number of aliphatic hydroxyl groups excluding tert-OH is 1. The van der Waals surface area contributed by atoms with E-state index in [0.29, 0.717) is 36.5 Å². The van der Waals surface area contributed by atoms with E-state index in [1.165, 1.54) is 17.0 Å². The number of nitrogens with one attached hydrogen (secondary N) is 2. The summed E-state index contributed by atoms with van der Waals surface area (Å²) in [6.07, 6.45) is -4.83.